The highest BCUT2D eigenvalue weighted by molar-refractivity contribution is 9.10. The van der Waals surface area contributed by atoms with E-state index in [2.05, 4.69) is 31.1 Å². The Morgan fingerprint density at radius 3 is 2.67 bits per heavy atom. The van der Waals surface area contributed by atoms with Crippen molar-refractivity contribution in [2.75, 3.05) is 6.54 Å². The van der Waals surface area contributed by atoms with E-state index in [0.717, 1.165) is 17.4 Å². The zero-order valence-corrected chi connectivity index (χ0v) is 18.8. The molecule has 1 aliphatic heterocycles. The molecule has 0 saturated carbocycles. The highest BCUT2D eigenvalue weighted by Crippen LogP contribution is 2.28. The molecule has 1 aliphatic rings. The van der Waals surface area contributed by atoms with Crippen molar-refractivity contribution in [1.29, 1.82) is 0 Å². The third-order valence-corrected chi connectivity index (χ3v) is 6.43. The van der Waals surface area contributed by atoms with Crippen LogP contribution in [0.1, 0.15) is 35.9 Å². The largest absolute Gasteiger partial charge is 0.335 e. The van der Waals surface area contributed by atoms with Crippen LogP contribution in [0.25, 0.3) is 5.82 Å². The minimum absolute atomic E-state index is 0.0133. The van der Waals surface area contributed by atoms with Gasteiger partial charge in [0.2, 0.25) is 5.91 Å². The van der Waals surface area contributed by atoms with Crippen molar-refractivity contribution in [3.63, 3.8) is 0 Å². The molecule has 9 heteroatoms. The first kappa shape index (κ1) is 20.7. The van der Waals surface area contributed by atoms with Crippen LogP contribution >= 0.6 is 27.7 Å². The maximum atomic E-state index is 12.9. The second-order valence-electron chi connectivity index (χ2n) is 6.97. The molecule has 0 unspecified atom stereocenters. The number of amides is 1. The number of hydrogen-bond donors (Lipinski definition) is 0. The zero-order chi connectivity index (χ0) is 21.1. The molecule has 0 aliphatic carbocycles. The molecule has 0 bridgehead atoms. The summed E-state index contributed by atoms with van der Waals surface area (Å²) in [7, 11) is 0. The lowest BCUT2D eigenvalue weighted by Gasteiger charge is -2.16. The fourth-order valence-corrected chi connectivity index (χ4v) is 4.51. The number of likely N-dealkylation sites (tertiary alicyclic amines) is 1. The molecule has 1 atom stereocenters. The summed E-state index contributed by atoms with van der Waals surface area (Å²) in [5.41, 5.74) is 0.644. The number of nitrogens with zero attached hydrogens (tertiary/aromatic N) is 5. The highest BCUT2D eigenvalue weighted by atomic mass is 79.9. The van der Waals surface area contributed by atoms with Crippen LogP contribution in [0, 0.1) is 0 Å². The van der Waals surface area contributed by atoms with Gasteiger partial charge in [-0.15, -0.1) is 10.2 Å². The zero-order valence-electron chi connectivity index (χ0n) is 16.4. The second kappa shape index (κ2) is 9.09. The lowest BCUT2D eigenvalue weighted by molar-refractivity contribution is -0.128. The Morgan fingerprint density at radius 1 is 1.20 bits per heavy atom. The Morgan fingerprint density at radius 2 is 2.00 bits per heavy atom. The number of pyridine rings is 1. The molecule has 3 aromatic rings. The second-order valence-corrected chi connectivity index (χ2v) is 9.20. The van der Waals surface area contributed by atoms with Gasteiger partial charge in [0, 0.05) is 29.2 Å². The number of aromatic nitrogens is 4. The van der Waals surface area contributed by atoms with Crippen molar-refractivity contribution in [2.45, 2.75) is 36.7 Å². The molecule has 1 aromatic carbocycles. The quantitative estimate of drug-likeness (QED) is 0.372. The van der Waals surface area contributed by atoms with Gasteiger partial charge < -0.3 is 4.90 Å². The molecule has 30 heavy (non-hydrogen) atoms. The highest BCUT2D eigenvalue weighted by Gasteiger charge is 2.26. The number of halogens is 1. The normalized spacial score (nSPS) is 14.9. The molecule has 1 fully saturated rings. The molecule has 2 aromatic heterocycles. The molecular weight excluding hydrogens is 466 g/mol. The van der Waals surface area contributed by atoms with Gasteiger partial charge in [0.05, 0.1) is 11.8 Å². The minimum atomic E-state index is -0.362. The van der Waals surface area contributed by atoms with Gasteiger partial charge in [-0.2, -0.15) is 0 Å². The van der Waals surface area contributed by atoms with Gasteiger partial charge in [-0.05, 0) is 37.6 Å². The van der Waals surface area contributed by atoms with Crippen LogP contribution in [0.4, 0.5) is 0 Å². The van der Waals surface area contributed by atoms with Crippen LogP contribution in [0.5, 0.6) is 0 Å². The first-order valence-electron chi connectivity index (χ1n) is 9.63. The van der Waals surface area contributed by atoms with Crippen LogP contribution in [-0.2, 0) is 11.3 Å². The first-order valence-corrected chi connectivity index (χ1v) is 11.3. The maximum absolute atomic E-state index is 12.9. The average Bonchev–Trinajstić information content (AvgIpc) is 3.35. The van der Waals surface area contributed by atoms with Gasteiger partial charge in [0.1, 0.15) is 5.82 Å². The van der Waals surface area contributed by atoms with Crippen LogP contribution in [-0.4, -0.2) is 48.1 Å². The van der Waals surface area contributed by atoms with Crippen molar-refractivity contribution < 1.29 is 9.59 Å². The van der Waals surface area contributed by atoms with Crippen LogP contribution in [0.3, 0.4) is 0 Å². The summed E-state index contributed by atoms with van der Waals surface area (Å²) in [4.78, 5) is 31.2. The van der Waals surface area contributed by atoms with E-state index < -0.39 is 0 Å². The van der Waals surface area contributed by atoms with Gasteiger partial charge in [-0.3, -0.25) is 14.2 Å². The monoisotopic (exact) mass is 485 g/mol. The van der Waals surface area contributed by atoms with Crippen molar-refractivity contribution in [3.8, 4) is 5.82 Å². The summed E-state index contributed by atoms with van der Waals surface area (Å²) in [5, 5.41) is 8.87. The van der Waals surface area contributed by atoms with Crippen molar-refractivity contribution >= 4 is 39.4 Å². The number of carbonyl (C=O) groups is 2. The number of rotatable bonds is 7. The Labute approximate surface area is 187 Å². The predicted molar refractivity (Wildman–Crippen MR) is 118 cm³/mol. The van der Waals surface area contributed by atoms with Crippen LogP contribution < -0.4 is 0 Å². The van der Waals surface area contributed by atoms with Crippen molar-refractivity contribution in [1.82, 2.24) is 24.6 Å². The molecule has 1 amide bonds. The molecule has 0 radical (unpaired) electrons. The summed E-state index contributed by atoms with van der Waals surface area (Å²) in [6, 6.07) is 12.9. The van der Waals surface area contributed by atoms with Crippen molar-refractivity contribution in [3.05, 3.63) is 64.5 Å². The third kappa shape index (κ3) is 4.46. The Hall–Kier alpha value is -2.52. The first-order chi connectivity index (χ1) is 14.5. The number of carbonyl (C=O) groups excluding carboxylic acids is 2. The molecule has 4 rings (SSSR count). The number of Topliss-reactive ketones (excluding diaryl/α,β-unsaturated/α-hetero) is 1. The van der Waals surface area contributed by atoms with E-state index in [1.807, 2.05) is 41.8 Å². The molecule has 154 valence electrons. The lowest BCUT2D eigenvalue weighted by atomic mass is 10.1. The lowest BCUT2D eigenvalue weighted by Crippen LogP contribution is -2.26. The number of ketones is 1. The van der Waals surface area contributed by atoms with E-state index in [9.17, 15) is 9.59 Å². The number of benzene rings is 1. The smallest absolute Gasteiger partial charge is 0.223 e. The molecule has 3 heterocycles. The van der Waals surface area contributed by atoms with Gasteiger partial charge in [0.15, 0.2) is 16.8 Å². The summed E-state index contributed by atoms with van der Waals surface area (Å²) < 4.78 is 2.76. The summed E-state index contributed by atoms with van der Waals surface area (Å²) >= 11 is 4.73. The number of hydrogen-bond acceptors (Lipinski definition) is 6. The Kier molecular flexibility index (Phi) is 6.29. The minimum Gasteiger partial charge on any atom is -0.335 e. The standard InChI is InChI=1S/C21H20BrN5O2S/c1-14(20(29)15-7-9-16(22)10-8-15)30-21-25-24-18(13-26-12-4-6-19(26)28)27(21)17-5-2-3-11-23-17/h2-3,5,7-11,14H,4,6,12-13H2,1H3/t14-/m0/s1. The van der Waals surface area contributed by atoms with E-state index in [4.69, 9.17) is 0 Å². The van der Waals surface area contributed by atoms with E-state index in [0.29, 0.717) is 35.3 Å². The van der Waals surface area contributed by atoms with E-state index in [1.165, 1.54) is 11.8 Å². The van der Waals surface area contributed by atoms with E-state index >= 15 is 0 Å². The van der Waals surface area contributed by atoms with E-state index in [-0.39, 0.29) is 16.9 Å². The molecule has 0 spiro atoms. The summed E-state index contributed by atoms with van der Waals surface area (Å²) in [5.74, 6) is 1.43. The molecular formula is C21H20BrN5O2S. The SMILES string of the molecule is C[C@H](Sc1nnc(CN2CCCC2=O)n1-c1ccccn1)C(=O)c1ccc(Br)cc1. The Bertz CT molecular complexity index is 1060. The third-order valence-electron chi connectivity index (χ3n) is 4.86. The summed E-state index contributed by atoms with van der Waals surface area (Å²) in [6.07, 6.45) is 3.12. The predicted octanol–water partition coefficient (Wildman–Crippen LogP) is 3.91. The van der Waals surface area contributed by atoms with Crippen molar-refractivity contribution in [2.24, 2.45) is 0 Å². The number of thioether (sulfide) groups is 1. The molecule has 7 nitrogen and oxygen atoms in total. The fourth-order valence-electron chi connectivity index (χ4n) is 3.30. The maximum Gasteiger partial charge on any atom is 0.223 e. The topological polar surface area (TPSA) is 81.0 Å². The summed E-state index contributed by atoms with van der Waals surface area (Å²) in [6.45, 7) is 2.95. The van der Waals surface area contributed by atoms with Gasteiger partial charge in [0.25, 0.3) is 0 Å². The van der Waals surface area contributed by atoms with Gasteiger partial charge >= 0.3 is 0 Å². The molecule has 0 N–H and O–H groups in total. The van der Waals surface area contributed by atoms with E-state index in [1.54, 1.807) is 23.2 Å². The van der Waals surface area contributed by atoms with Crippen LogP contribution in [0.2, 0.25) is 0 Å². The fraction of sp³-hybridized carbons (Fsp3) is 0.286. The van der Waals surface area contributed by atoms with Gasteiger partial charge in [-0.1, -0.05) is 45.9 Å². The average molecular weight is 486 g/mol. The van der Waals surface area contributed by atoms with Gasteiger partial charge in [-0.25, -0.2) is 4.98 Å². The molecule has 1 saturated heterocycles. The van der Waals surface area contributed by atoms with Crippen LogP contribution in [0.15, 0.2) is 58.3 Å². The Balaban J connectivity index is 1.61.